The quantitative estimate of drug-likeness (QED) is 0.756. The third-order valence-electron chi connectivity index (χ3n) is 3.89. The molecule has 0 aliphatic heterocycles. The summed E-state index contributed by atoms with van der Waals surface area (Å²) >= 11 is 0. The molecule has 0 saturated carbocycles. The predicted molar refractivity (Wildman–Crippen MR) is 93.6 cm³/mol. The number of aryl methyl sites for hydroxylation is 2. The van der Waals surface area contributed by atoms with Crippen molar-refractivity contribution in [2.24, 2.45) is 0 Å². The molecule has 24 heavy (non-hydrogen) atoms. The van der Waals surface area contributed by atoms with Gasteiger partial charge < -0.3 is 9.72 Å². The van der Waals surface area contributed by atoms with E-state index in [1.165, 1.54) is 0 Å². The van der Waals surface area contributed by atoms with Crippen LogP contribution < -0.4 is 10.3 Å². The topological polar surface area (TPSA) is 72.3 Å². The first-order valence-electron chi connectivity index (χ1n) is 8.42. The van der Waals surface area contributed by atoms with E-state index in [-0.39, 0.29) is 5.56 Å². The van der Waals surface area contributed by atoms with Gasteiger partial charge in [-0.25, -0.2) is 9.50 Å². The number of aromatic amines is 1. The second-order valence-electron chi connectivity index (χ2n) is 5.57. The van der Waals surface area contributed by atoms with Crippen molar-refractivity contribution in [1.82, 2.24) is 19.6 Å². The molecular formula is C18H22N4O2. The molecule has 0 unspecified atom stereocenters. The van der Waals surface area contributed by atoms with Crippen LogP contribution in [0.25, 0.3) is 16.9 Å². The summed E-state index contributed by atoms with van der Waals surface area (Å²) in [4.78, 5) is 20.1. The number of rotatable bonds is 6. The third-order valence-corrected chi connectivity index (χ3v) is 3.89. The van der Waals surface area contributed by atoms with Gasteiger partial charge in [0.05, 0.1) is 17.9 Å². The number of ether oxygens (including phenoxy) is 1. The molecule has 0 fully saturated rings. The van der Waals surface area contributed by atoms with Gasteiger partial charge in [-0.05, 0) is 31.9 Å². The van der Waals surface area contributed by atoms with Crippen LogP contribution in [0.5, 0.6) is 5.75 Å². The first kappa shape index (κ1) is 16.2. The Hall–Kier alpha value is -2.63. The molecule has 3 aromatic rings. The van der Waals surface area contributed by atoms with E-state index in [1.54, 1.807) is 4.52 Å². The second-order valence-corrected chi connectivity index (χ2v) is 5.57. The van der Waals surface area contributed by atoms with Gasteiger partial charge in [-0.3, -0.25) is 4.79 Å². The summed E-state index contributed by atoms with van der Waals surface area (Å²) in [7, 11) is 0. The maximum atomic E-state index is 12.6. The van der Waals surface area contributed by atoms with Crippen LogP contribution in [0.2, 0.25) is 0 Å². The Balaban J connectivity index is 2.24. The van der Waals surface area contributed by atoms with Crippen LogP contribution in [0.3, 0.4) is 0 Å². The van der Waals surface area contributed by atoms with Crippen molar-refractivity contribution in [3.8, 4) is 17.1 Å². The van der Waals surface area contributed by atoms with Gasteiger partial charge in [-0.1, -0.05) is 26.0 Å². The number of para-hydroxylation sites is 1. The molecule has 0 aliphatic rings. The van der Waals surface area contributed by atoms with Crippen molar-refractivity contribution in [2.75, 3.05) is 6.61 Å². The molecule has 0 amide bonds. The van der Waals surface area contributed by atoms with Gasteiger partial charge in [0.1, 0.15) is 11.6 Å². The van der Waals surface area contributed by atoms with Crippen LogP contribution in [0, 0.1) is 0 Å². The molecule has 0 atom stereocenters. The Labute approximate surface area is 140 Å². The number of nitrogens with zero attached hydrogens (tertiary/aromatic N) is 3. The second kappa shape index (κ2) is 6.86. The van der Waals surface area contributed by atoms with E-state index in [2.05, 4.69) is 22.0 Å². The fourth-order valence-electron chi connectivity index (χ4n) is 2.83. The summed E-state index contributed by atoms with van der Waals surface area (Å²) < 4.78 is 7.35. The van der Waals surface area contributed by atoms with Crippen molar-refractivity contribution < 1.29 is 4.74 Å². The number of imidazole rings is 1. The number of aromatic nitrogens is 4. The van der Waals surface area contributed by atoms with Gasteiger partial charge in [-0.2, -0.15) is 0 Å². The van der Waals surface area contributed by atoms with Crippen molar-refractivity contribution >= 4 is 5.52 Å². The summed E-state index contributed by atoms with van der Waals surface area (Å²) in [6.45, 7) is 6.56. The fourth-order valence-corrected chi connectivity index (χ4v) is 2.83. The highest BCUT2D eigenvalue weighted by Crippen LogP contribution is 2.26. The van der Waals surface area contributed by atoms with Crippen LogP contribution in [0.4, 0.5) is 0 Å². The van der Waals surface area contributed by atoms with Crippen LogP contribution in [0.1, 0.15) is 38.7 Å². The molecule has 0 aliphatic carbocycles. The number of hydrogen-bond donors (Lipinski definition) is 1. The molecule has 0 spiro atoms. The summed E-state index contributed by atoms with van der Waals surface area (Å²) in [5.41, 5.74) is 1.93. The summed E-state index contributed by atoms with van der Waals surface area (Å²) in [5, 5.41) is 4.65. The zero-order chi connectivity index (χ0) is 17.1. The first-order chi connectivity index (χ1) is 11.7. The van der Waals surface area contributed by atoms with Gasteiger partial charge in [0.2, 0.25) is 0 Å². The Kier molecular flexibility index (Phi) is 4.64. The number of hydrogen-bond acceptors (Lipinski definition) is 4. The highest BCUT2D eigenvalue weighted by atomic mass is 16.5. The molecule has 0 saturated heterocycles. The summed E-state index contributed by atoms with van der Waals surface area (Å²) in [6, 6.07) is 7.58. The van der Waals surface area contributed by atoms with E-state index in [0.717, 1.165) is 29.9 Å². The minimum absolute atomic E-state index is 0.169. The monoisotopic (exact) mass is 326 g/mol. The number of benzene rings is 1. The van der Waals surface area contributed by atoms with Gasteiger partial charge in [-0.15, -0.1) is 5.10 Å². The van der Waals surface area contributed by atoms with E-state index < -0.39 is 0 Å². The number of nitrogens with one attached hydrogen (secondary N) is 1. The Morgan fingerprint density at radius 1 is 1.21 bits per heavy atom. The van der Waals surface area contributed by atoms with Gasteiger partial charge in [0, 0.05) is 6.42 Å². The van der Waals surface area contributed by atoms with E-state index in [1.807, 2.05) is 38.1 Å². The molecule has 0 bridgehead atoms. The molecule has 6 nitrogen and oxygen atoms in total. The minimum Gasteiger partial charge on any atom is -0.493 e. The highest BCUT2D eigenvalue weighted by molar-refractivity contribution is 5.64. The highest BCUT2D eigenvalue weighted by Gasteiger charge is 2.17. The summed E-state index contributed by atoms with van der Waals surface area (Å²) in [5.74, 6) is 2.02. The fraction of sp³-hybridized carbons (Fsp3) is 0.389. The molecular weight excluding hydrogens is 304 g/mol. The average Bonchev–Trinajstić information content (AvgIpc) is 2.94. The van der Waals surface area contributed by atoms with E-state index >= 15 is 0 Å². The SMILES string of the molecule is CCCc1nc(CC)c2c(=O)[nH]c(-c3ccccc3OCC)nn12. The predicted octanol–water partition coefficient (Wildman–Crippen LogP) is 3.00. The van der Waals surface area contributed by atoms with E-state index in [0.29, 0.717) is 30.1 Å². The lowest BCUT2D eigenvalue weighted by Crippen LogP contribution is -2.16. The third kappa shape index (κ3) is 2.79. The Morgan fingerprint density at radius 2 is 2.00 bits per heavy atom. The van der Waals surface area contributed by atoms with Crippen molar-refractivity contribution in [3.63, 3.8) is 0 Å². The molecule has 1 N–H and O–H groups in total. The van der Waals surface area contributed by atoms with Gasteiger partial charge >= 0.3 is 0 Å². The van der Waals surface area contributed by atoms with Crippen LogP contribution >= 0.6 is 0 Å². The van der Waals surface area contributed by atoms with Crippen LogP contribution in [-0.2, 0) is 12.8 Å². The van der Waals surface area contributed by atoms with E-state index in [9.17, 15) is 4.79 Å². The lowest BCUT2D eigenvalue weighted by atomic mass is 10.2. The van der Waals surface area contributed by atoms with Crippen molar-refractivity contribution in [2.45, 2.75) is 40.0 Å². The minimum atomic E-state index is -0.169. The standard InChI is InChI=1S/C18H22N4O2/c1-4-9-15-19-13(5-2)16-18(23)20-17(21-22(15)16)12-10-7-8-11-14(12)24-6-3/h7-8,10-11H,4-6,9H2,1-3H3,(H,20,21,23). The molecule has 126 valence electrons. The lowest BCUT2D eigenvalue weighted by molar-refractivity contribution is 0.341. The molecule has 2 heterocycles. The lowest BCUT2D eigenvalue weighted by Gasteiger charge is -2.09. The van der Waals surface area contributed by atoms with E-state index in [4.69, 9.17) is 4.74 Å². The zero-order valence-electron chi connectivity index (χ0n) is 14.3. The number of H-pyrrole nitrogens is 1. The first-order valence-corrected chi connectivity index (χ1v) is 8.42. The smallest absolute Gasteiger partial charge is 0.277 e. The number of fused-ring (bicyclic) bond motifs is 1. The van der Waals surface area contributed by atoms with Gasteiger partial charge in [0.15, 0.2) is 11.3 Å². The van der Waals surface area contributed by atoms with Crippen molar-refractivity contribution in [3.05, 3.63) is 46.1 Å². The molecule has 6 heteroatoms. The molecule has 3 rings (SSSR count). The summed E-state index contributed by atoms with van der Waals surface area (Å²) in [6.07, 6.45) is 2.43. The zero-order valence-corrected chi connectivity index (χ0v) is 14.3. The van der Waals surface area contributed by atoms with Gasteiger partial charge in [0.25, 0.3) is 5.56 Å². The maximum Gasteiger partial charge on any atom is 0.277 e. The molecule has 1 aromatic carbocycles. The normalized spacial score (nSPS) is 11.1. The Morgan fingerprint density at radius 3 is 2.71 bits per heavy atom. The Bertz CT molecular complexity index is 911. The van der Waals surface area contributed by atoms with Crippen LogP contribution in [-0.4, -0.2) is 26.2 Å². The van der Waals surface area contributed by atoms with Crippen LogP contribution in [0.15, 0.2) is 29.1 Å². The molecule has 2 aromatic heterocycles. The van der Waals surface area contributed by atoms with Crippen molar-refractivity contribution in [1.29, 1.82) is 0 Å². The maximum absolute atomic E-state index is 12.6. The average molecular weight is 326 g/mol. The molecule has 0 radical (unpaired) electrons. The largest absolute Gasteiger partial charge is 0.493 e.